The number of anilines is 2. The van der Waals surface area contributed by atoms with Gasteiger partial charge in [-0.1, -0.05) is 30.3 Å². The van der Waals surface area contributed by atoms with Crippen molar-refractivity contribution in [1.82, 2.24) is 4.31 Å². The number of hydrogen-bond acceptors (Lipinski definition) is 6. The van der Waals surface area contributed by atoms with Gasteiger partial charge < -0.3 is 19.7 Å². The number of benzene rings is 3. The molecule has 0 aliphatic carbocycles. The van der Waals surface area contributed by atoms with Crippen LogP contribution in [0, 0.1) is 0 Å². The number of amides is 2. The van der Waals surface area contributed by atoms with Crippen LogP contribution in [0.1, 0.15) is 22.3 Å². The summed E-state index contributed by atoms with van der Waals surface area (Å²) < 4.78 is 37.9. The quantitative estimate of drug-likeness (QED) is 0.475. The maximum absolute atomic E-state index is 12.9. The number of aryl methyl sites for hydroxylation is 1. The Morgan fingerprint density at radius 2 is 1.68 bits per heavy atom. The summed E-state index contributed by atoms with van der Waals surface area (Å²) in [4.78, 5) is 27.4. The monoisotopic (exact) mass is 535 g/mol. The number of fused-ring (bicyclic) bond motifs is 1. The minimum atomic E-state index is -3.64. The van der Waals surface area contributed by atoms with Gasteiger partial charge in [0.25, 0.3) is 11.8 Å². The van der Waals surface area contributed by atoms with E-state index < -0.39 is 10.0 Å². The van der Waals surface area contributed by atoms with Crippen LogP contribution in [0.4, 0.5) is 11.4 Å². The molecule has 3 aromatic carbocycles. The summed E-state index contributed by atoms with van der Waals surface area (Å²) in [6, 6.07) is 21.1. The average molecular weight is 536 g/mol. The summed E-state index contributed by atoms with van der Waals surface area (Å²) in [6.07, 6.45) is 1.62. The highest BCUT2D eigenvalue weighted by molar-refractivity contribution is 7.89. The molecule has 198 valence electrons. The van der Waals surface area contributed by atoms with E-state index >= 15 is 0 Å². The molecule has 10 heteroatoms. The Morgan fingerprint density at radius 1 is 0.947 bits per heavy atom. The lowest BCUT2D eigenvalue weighted by Crippen LogP contribution is -2.40. The van der Waals surface area contributed by atoms with Crippen molar-refractivity contribution < 1.29 is 27.5 Å². The van der Waals surface area contributed by atoms with Crippen LogP contribution in [-0.2, 0) is 26.0 Å². The van der Waals surface area contributed by atoms with Gasteiger partial charge in [-0.3, -0.25) is 9.59 Å². The van der Waals surface area contributed by atoms with Crippen LogP contribution in [-0.4, -0.2) is 64.0 Å². The molecule has 3 aromatic rings. The van der Waals surface area contributed by atoms with Gasteiger partial charge in [0, 0.05) is 30.9 Å². The van der Waals surface area contributed by atoms with E-state index in [1.165, 1.54) is 34.1 Å². The van der Waals surface area contributed by atoms with E-state index in [1.54, 1.807) is 23.1 Å². The van der Waals surface area contributed by atoms with E-state index in [0.717, 1.165) is 12.8 Å². The second-order valence-corrected chi connectivity index (χ2v) is 11.0. The highest BCUT2D eigenvalue weighted by atomic mass is 32.2. The minimum Gasteiger partial charge on any atom is -0.482 e. The molecule has 5 rings (SSSR count). The van der Waals surface area contributed by atoms with E-state index in [4.69, 9.17) is 9.47 Å². The first kappa shape index (κ1) is 25.9. The Bertz CT molecular complexity index is 1400. The lowest BCUT2D eigenvalue weighted by molar-refractivity contribution is -0.121. The maximum Gasteiger partial charge on any atom is 0.265 e. The molecule has 2 aliphatic heterocycles. The third-order valence-electron chi connectivity index (χ3n) is 6.57. The van der Waals surface area contributed by atoms with E-state index in [1.807, 2.05) is 18.2 Å². The molecule has 0 spiro atoms. The topological polar surface area (TPSA) is 105 Å². The Morgan fingerprint density at radius 3 is 2.42 bits per heavy atom. The number of ether oxygens (including phenoxy) is 2. The molecule has 0 radical (unpaired) electrons. The van der Waals surface area contributed by atoms with E-state index in [2.05, 4.69) is 17.4 Å². The number of hydrogen-bond donors (Lipinski definition) is 1. The number of carbonyl (C=O) groups is 2. The predicted octanol–water partition coefficient (Wildman–Crippen LogP) is 3.32. The number of sulfonamides is 1. The smallest absolute Gasteiger partial charge is 0.265 e. The van der Waals surface area contributed by atoms with Gasteiger partial charge in [0.15, 0.2) is 6.61 Å². The highest BCUT2D eigenvalue weighted by Gasteiger charge is 2.27. The Kier molecular flexibility index (Phi) is 7.73. The average Bonchev–Trinajstić information content (AvgIpc) is 2.95. The van der Waals surface area contributed by atoms with E-state index in [9.17, 15) is 18.0 Å². The summed E-state index contributed by atoms with van der Waals surface area (Å²) in [5, 5.41) is 2.84. The van der Waals surface area contributed by atoms with Gasteiger partial charge in [-0.2, -0.15) is 4.31 Å². The van der Waals surface area contributed by atoms with Crippen molar-refractivity contribution in [2.45, 2.75) is 17.7 Å². The Hall–Kier alpha value is -3.73. The van der Waals surface area contributed by atoms with Crippen LogP contribution >= 0.6 is 0 Å². The fourth-order valence-electron chi connectivity index (χ4n) is 4.53. The number of nitrogens with one attached hydrogen (secondary N) is 1. The first-order valence-electron chi connectivity index (χ1n) is 12.5. The van der Waals surface area contributed by atoms with Gasteiger partial charge in [-0.05, 0) is 60.9 Å². The fraction of sp³-hybridized carbons (Fsp3) is 0.286. The number of rotatable bonds is 8. The van der Waals surface area contributed by atoms with Crippen LogP contribution in [0.25, 0.3) is 0 Å². The van der Waals surface area contributed by atoms with E-state index in [-0.39, 0.29) is 23.3 Å². The summed E-state index contributed by atoms with van der Waals surface area (Å²) in [6.45, 7) is 1.84. The third-order valence-corrected chi connectivity index (χ3v) is 8.49. The molecule has 2 aliphatic rings. The first-order valence-corrected chi connectivity index (χ1v) is 14.0. The molecule has 0 atom stereocenters. The second-order valence-electron chi connectivity index (χ2n) is 9.10. The SMILES string of the molecule is O=C(Nc1ccc2c(c1)N(CCCc1ccccc1)C(=O)CO2)c1ccc(S(=O)(=O)N2CCOCC2)cc1. The van der Waals surface area contributed by atoms with Crippen molar-refractivity contribution in [3.8, 4) is 5.75 Å². The molecule has 0 bridgehead atoms. The van der Waals surface area contributed by atoms with Gasteiger partial charge in [0.05, 0.1) is 23.8 Å². The van der Waals surface area contributed by atoms with Crippen LogP contribution in [0.3, 0.4) is 0 Å². The van der Waals surface area contributed by atoms with Crippen molar-refractivity contribution in [2.75, 3.05) is 49.7 Å². The molecule has 1 N–H and O–H groups in total. The second kappa shape index (κ2) is 11.3. The molecule has 1 fully saturated rings. The molecular formula is C28H29N3O6S. The highest BCUT2D eigenvalue weighted by Crippen LogP contribution is 2.35. The summed E-state index contributed by atoms with van der Waals surface area (Å²) >= 11 is 0. The zero-order chi connectivity index (χ0) is 26.5. The fourth-order valence-corrected chi connectivity index (χ4v) is 5.94. The van der Waals surface area contributed by atoms with Crippen molar-refractivity contribution in [3.63, 3.8) is 0 Å². The lowest BCUT2D eigenvalue weighted by atomic mass is 10.1. The molecule has 2 amide bonds. The summed E-state index contributed by atoms with van der Waals surface area (Å²) in [5.41, 5.74) is 2.64. The number of nitrogens with zero attached hydrogens (tertiary/aromatic N) is 2. The zero-order valence-corrected chi connectivity index (χ0v) is 21.7. The first-order chi connectivity index (χ1) is 18.4. The number of morpholine rings is 1. The van der Waals surface area contributed by atoms with Gasteiger partial charge in [-0.25, -0.2) is 8.42 Å². The van der Waals surface area contributed by atoms with Gasteiger partial charge >= 0.3 is 0 Å². The largest absolute Gasteiger partial charge is 0.482 e. The van der Waals surface area contributed by atoms with Crippen LogP contribution in [0.2, 0.25) is 0 Å². The predicted molar refractivity (Wildman–Crippen MR) is 143 cm³/mol. The Balaban J connectivity index is 1.26. The molecule has 9 nitrogen and oxygen atoms in total. The van der Waals surface area contributed by atoms with Crippen LogP contribution in [0.15, 0.2) is 77.7 Å². The van der Waals surface area contributed by atoms with E-state index in [0.29, 0.717) is 55.5 Å². The lowest BCUT2D eigenvalue weighted by Gasteiger charge is -2.30. The minimum absolute atomic E-state index is 0.0241. The molecule has 0 aromatic heterocycles. The third kappa shape index (κ3) is 5.72. The molecule has 1 saturated heterocycles. The van der Waals surface area contributed by atoms with Gasteiger partial charge in [0.2, 0.25) is 10.0 Å². The normalized spacial score (nSPS) is 16.0. The van der Waals surface area contributed by atoms with Crippen molar-refractivity contribution in [2.24, 2.45) is 0 Å². The van der Waals surface area contributed by atoms with Gasteiger partial charge in [-0.15, -0.1) is 0 Å². The molecule has 2 heterocycles. The van der Waals surface area contributed by atoms with Crippen molar-refractivity contribution >= 4 is 33.2 Å². The molecule has 0 saturated carbocycles. The number of carbonyl (C=O) groups excluding carboxylic acids is 2. The summed E-state index contributed by atoms with van der Waals surface area (Å²) in [5.74, 6) is 0.0602. The van der Waals surface area contributed by atoms with Crippen molar-refractivity contribution in [3.05, 3.63) is 83.9 Å². The van der Waals surface area contributed by atoms with Crippen molar-refractivity contribution in [1.29, 1.82) is 0 Å². The standard InChI is InChI=1S/C28H29N3O6S/c32-27-20-37-26-13-10-23(19-25(26)31(27)14-4-7-21-5-2-1-3-6-21)29-28(33)22-8-11-24(12-9-22)38(34,35)30-15-17-36-18-16-30/h1-3,5-6,8-13,19H,4,7,14-18,20H2,(H,29,33). The Labute approximate surface area is 222 Å². The van der Waals surface area contributed by atoms with Gasteiger partial charge in [0.1, 0.15) is 5.75 Å². The maximum atomic E-state index is 12.9. The molecular weight excluding hydrogens is 506 g/mol. The van der Waals surface area contributed by atoms with Crippen LogP contribution in [0.5, 0.6) is 5.75 Å². The molecule has 38 heavy (non-hydrogen) atoms. The zero-order valence-electron chi connectivity index (χ0n) is 20.8. The molecule has 0 unspecified atom stereocenters. The summed E-state index contributed by atoms with van der Waals surface area (Å²) in [7, 11) is -3.64. The van der Waals surface area contributed by atoms with Crippen LogP contribution < -0.4 is 15.0 Å².